The Morgan fingerprint density at radius 3 is 3.00 bits per heavy atom. The van der Waals surface area contributed by atoms with Crippen molar-refractivity contribution in [1.29, 1.82) is 0 Å². The number of likely N-dealkylation sites (N-methyl/N-ethyl adjacent to an activating group) is 1. The lowest BCUT2D eigenvalue weighted by Crippen LogP contribution is -2.53. The third kappa shape index (κ3) is 3.33. The number of hydrogen-bond acceptors (Lipinski definition) is 3. The van der Waals surface area contributed by atoms with Gasteiger partial charge in [-0.3, -0.25) is 0 Å². The van der Waals surface area contributed by atoms with Crippen molar-refractivity contribution in [3.63, 3.8) is 0 Å². The smallest absolute Gasteiger partial charge is 0.317 e. The zero-order chi connectivity index (χ0) is 12.1. The Balaban J connectivity index is 1.84. The fourth-order valence-corrected chi connectivity index (χ4v) is 2.57. The summed E-state index contributed by atoms with van der Waals surface area (Å²) in [6, 6.07) is 0.612. The molecule has 5 heteroatoms. The van der Waals surface area contributed by atoms with E-state index in [1.54, 1.807) is 0 Å². The molecular formula is C12H23N3O2. The predicted molar refractivity (Wildman–Crippen MR) is 66.0 cm³/mol. The van der Waals surface area contributed by atoms with Gasteiger partial charge in [0, 0.05) is 25.7 Å². The highest BCUT2D eigenvalue weighted by molar-refractivity contribution is 5.75. The van der Waals surface area contributed by atoms with Crippen LogP contribution in [0.3, 0.4) is 0 Å². The summed E-state index contributed by atoms with van der Waals surface area (Å²) in [5.74, 6) is 0. The average Bonchev–Trinajstić information content (AvgIpc) is 2.84. The summed E-state index contributed by atoms with van der Waals surface area (Å²) in [7, 11) is 0. The van der Waals surface area contributed by atoms with E-state index < -0.39 is 0 Å². The van der Waals surface area contributed by atoms with Gasteiger partial charge in [0.1, 0.15) is 0 Å². The Labute approximate surface area is 103 Å². The molecule has 2 amide bonds. The lowest BCUT2D eigenvalue weighted by Gasteiger charge is -2.34. The predicted octanol–water partition coefficient (Wildman–Crippen LogP) is 0.559. The molecule has 0 aliphatic carbocycles. The van der Waals surface area contributed by atoms with Crippen molar-refractivity contribution in [3.05, 3.63) is 0 Å². The number of carbonyl (C=O) groups excluding carboxylic acids is 1. The Bertz CT molecular complexity index is 248. The van der Waals surface area contributed by atoms with Crippen molar-refractivity contribution in [2.24, 2.45) is 0 Å². The summed E-state index contributed by atoms with van der Waals surface area (Å²) in [5.41, 5.74) is 0. The van der Waals surface area contributed by atoms with Crippen LogP contribution in [0.1, 0.15) is 26.2 Å². The van der Waals surface area contributed by atoms with Crippen LogP contribution in [0.15, 0.2) is 0 Å². The van der Waals surface area contributed by atoms with Crippen molar-refractivity contribution in [1.82, 2.24) is 15.5 Å². The Hall–Kier alpha value is -0.810. The van der Waals surface area contributed by atoms with Gasteiger partial charge in [-0.25, -0.2) is 4.79 Å². The van der Waals surface area contributed by atoms with Crippen LogP contribution in [-0.4, -0.2) is 55.9 Å². The largest absolute Gasteiger partial charge is 0.379 e. The van der Waals surface area contributed by atoms with E-state index in [1.807, 2.05) is 11.8 Å². The van der Waals surface area contributed by atoms with Crippen molar-refractivity contribution < 1.29 is 9.53 Å². The van der Waals surface area contributed by atoms with Gasteiger partial charge in [-0.05, 0) is 32.7 Å². The number of carbonyl (C=O) groups is 1. The van der Waals surface area contributed by atoms with Gasteiger partial charge in [0.2, 0.25) is 0 Å². The minimum Gasteiger partial charge on any atom is -0.379 e. The van der Waals surface area contributed by atoms with Gasteiger partial charge in [0.05, 0.1) is 12.6 Å². The number of urea groups is 1. The molecule has 2 heterocycles. The van der Waals surface area contributed by atoms with Gasteiger partial charge in [-0.15, -0.1) is 0 Å². The lowest BCUT2D eigenvalue weighted by atomic mass is 10.1. The van der Waals surface area contributed by atoms with Crippen LogP contribution in [0, 0.1) is 0 Å². The third-order valence-electron chi connectivity index (χ3n) is 3.57. The molecule has 2 aliphatic heterocycles. The molecule has 2 saturated heterocycles. The molecule has 0 aromatic rings. The van der Waals surface area contributed by atoms with Crippen molar-refractivity contribution in [3.8, 4) is 0 Å². The fraction of sp³-hybridized carbons (Fsp3) is 0.917. The first-order valence-electron chi connectivity index (χ1n) is 6.67. The van der Waals surface area contributed by atoms with Crippen molar-refractivity contribution in [2.75, 3.05) is 32.8 Å². The zero-order valence-electron chi connectivity index (χ0n) is 10.6. The standard InChI is InChI=1S/C12H23N3O2/c1-2-15(11-4-3-6-13-8-11)12(16)14-10-5-7-17-9-10/h10-11,13H,2-9H2,1H3,(H,14,16). The molecule has 0 aromatic carbocycles. The monoisotopic (exact) mass is 241 g/mol. The minimum atomic E-state index is 0.0664. The highest BCUT2D eigenvalue weighted by Crippen LogP contribution is 2.11. The molecule has 2 unspecified atom stereocenters. The molecule has 2 rings (SSSR count). The summed E-state index contributed by atoms with van der Waals surface area (Å²) < 4.78 is 5.27. The Kier molecular flexibility index (Phi) is 4.62. The fourth-order valence-electron chi connectivity index (χ4n) is 2.57. The van der Waals surface area contributed by atoms with E-state index in [2.05, 4.69) is 10.6 Å². The molecule has 0 saturated carbocycles. The number of amides is 2. The molecule has 2 atom stereocenters. The summed E-state index contributed by atoms with van der Waals surface area (Å²) >= 11 is 0. The van der Waals surface area contributed by atoms with Crippen LogP contribution in [-0.2, 0) is 4.74 Å². The van der Waals surface area contributed by atoms with E-state index in [4.69, 9.17) is 4.74 Å². The van der Waals surface area contributed by atoms with Gasteiger partial charge >= 0.3 is 6.03 Å². The maximum absolute atomic E-state index is 12.2. The second kappa shape index (κ2) is 6.21. The van der Waals surface area contributed by atoms with E-state index in [0.717, 1.165) is 45.5 Å². The van der Waals surface area contributed by atoms with Crippen LogP contribution in [0.25, 0.3) is 0 Å². The van der Waals surface area contributed by atoms with E-state index >= 15 is 0 Å². The SMILES string of the molecule is CCN(C(=O)NC1CCOC1)C1CCCNC1. The molecular weight excluding hydrogens is 218 g/mol. The van der Waals surface area contributed by atoms with E-state index in [-0.39, 0.29) is 12.1 Å². The Morgan fingerprint density at radius 1 is 1.53 bits per heavy atom. The number of piperidine rings is 1. The topological polar surface area (TPSA) is 53.6 Å². The normalized spacial score (nSPS) is 29.0. The minimum absolute atomic E-state index is 0.0664. The zero-order valence-corrected chi connectivity index (χ0v) is 10.6. The van der Waals surface area contributed by atoms with Crippen LogP contribution < -0.4 is 10.6 Å². The second-order valence-electron chi connectivity index (χ2n) is 4.80. The quantitative estimate of drug-likeness (QED) is 0.759. The average molecular weight is 241 g/mol. The first-order valence-corrected chi connectivity index (χ1v) is 6.67. The first kappa shape index (κ1) is 12.6. The summed E-state index contributed by atoms with van der Waals surface area (Å²) in [5, 5.41) is 6.41. The second-order valence-corrected chi connectivity index (χ2v) is 4.80. The molecule has 17 heavy (non-hydrogen) atoms. The Morgan fingerprint density at radius 2 is 2.41 bits per heavy atom. The molecule has 2 fully saturated rings. The molecule has 98 valence electrons. The number of ether oxygens (including phenoxy) is 1. The number of nitrogens with zero attached hydrogens (tertiary/aromatic N) is 1. The molecule has 0 aromatic heterocycles. The van der Waals surface area contributed by atoms with Gasteiger partial charge < -0.3 is 20.3 Å². The van der Waals surface area contributed by atoms with Crippen LogP contribution in [0.5, 0.6) is 0 Å². The van der Waals surface area contributed by atoms with E-state index in [9.17, 15) is 4.79 Å². The van der Waals surface area contributed by atoms with Gasteiger partial charge in [-0.2, -0.15) is 0 Å². The molecule has 0 spiro atoms. The number of rotatable bonds is 3. The van der Waals surface area contributed by atoms with Crippen molar-refractivity contribution >= 4 is 6.03 Å². The molecule has 5 nitrogen and oxygen atoms in total. The molecule has 2 aliphatic rings. The highest BCUT2D eigenvalue weighted by Gasteiger charge is 2.26. The number of hydrogen-bond donors (Lipinski definition) is 2. The van der Waals surface area contributed by atoms with E-state index in [1.165, 1.54) is 0 Å². The maximum Gasteiger partial charge on any atom is 0.317 e. The molecule has 0 bridgehead atoms. The highest BCUT2D eigenvalue weighted by atomic mass is 16.5. The van der Waals surface area contributed by atoms with Crippen molar-refractivity contribution in [2.45, 2.75) is 38.3 Å². The summed E-state index contributed by atoms with van der Waals surface area (Å²) in [4.78, 5) is 14.1. The molecule has 2 N–H and O–H groups in total. The lowest BCUT2D eigenvalue weighted by molar-refractivity contribution is 0.156. The van der Waals surface area contributed by atoms with E-state index in [0.29, 0.717) is 12.6 Å². The summed E-state index contributed by atoms with van der Waals surface area (Å²) in [6.07, 6.45) is 3.20. The first-order chi connectivity index (χ1) is 8.31. The summed E-state index contributed by atoms with van der Waals surface area (Å²) in [6.45, 7) is 6.23. The third-order valence-corrected chi connectivity index (χ3v) is 3.57. The van der Waals surface area contributed by atoms with Gasteiger partial charge in [-0.1, -0.05) is 0 Å². The van der Waals surface area contributed by atoms with Crippen LogP contribution in [0.4, 0.5) is 4.79 Å². The van der Waals surface area contributed by atoms with Crippen LogP contribution >= 0.6 is 0 Å². The maximum atomic E-state index is 12.2. The van der Waals surface area contributed by atoms with Gasteiger partial charge in [0.15, 0.2) is 0 Å². The van der Waals surface area contributed by atoms with Gasteiger partial charge in [0.25, 0.3) is 0 Å². The molecule has 0 radical (unpaired) electrons. The van der Waals surface area contributed by atoms with Crippen LogP contribution in [0.2, 0.25) is 0 Å². The number of nitrogens with one attached hydrogen (secondary N) is 2.